The van der Waals surface area contributed by atoms with Crippen molar-refractivity contribution in [3.05, 3.63) is 108 Å². The fourth-order valence-corrected chi connectivity index (χ4v) is 3.30. The molecule has 0 amide bonds. The minimum atomic E-state index is -0.210. The van der Waals surface area contributed by atoms with Gasteiger partial charge in [0, 0.05) is 43.6 Å². The Morgan fingerprint density at radius 1 is 0.741 bits per heavy atom. The van der Waals surface area contributed by atoms with Crippen LogP contribution in [0.5, 0.6) is 0 Å². The van der Waals surface area contributed by atoms with Crippen LogP contribution in [0.2, 0.25) is 0 Å². The van der Waals surface area contributed by atoms with E-state index in [1.807, 2.05) is 48.8 Å². The van der Waals surface area contributed by atoms with Crippen LogP contribution in [0.1, 0.15) is 16.7 Å². The second kappa shape index (κ2) is 8.06. The molecule has 0 N–H and O–H groups in total. The molecule has 4 rings (SSSR count). The van der Waals surface area contributed by atoms with E-state index < -0.39 is 0 Å². The van der Waals surface area contributed by atoms with Crippen molar-refractivity contribution in [2.45, 2.75) is 19.6 Å². The molecule has 0 bridgehead atoms. The van der Waals surface area contributed by atoms with Crippen LogP contribution >= 0.6 is 0 Å². The van der Waals surface area contributed by atoms with E-state index in [9.17, 15) is 4.39 Å². The average Bonchev–Trinajstić information content (AvgIpc) is 2.71. The van der Waals surface area contributed by atoms with Crippen LogP contribution in [0.15, 0.2) is 85.3 Å². The number of halogens is 1. The first-order valence-corrected chi connectivity index (χ1v) is 8.96. The molecule has 0 fully saturated rings. The van der Waals surface area contributed by atoms with Gasteiger partial charge in [-0.25, -0.2) is 4.39 Å². The predicted octanol–water partition coefficient (Wildman–Crippen LogP) is 4.97. The van der Waals surface area contributed by atoms with Crippen molar-refractivity contribution in [2.75, 3.05) is 0 Å². The van der Waals surface area contributed by atoms with Gasteiger partial charge in [0.25, 0.3) is 0 Å². The Balaban J connectivity index is 1.63. The zero-order valence-corrected chi connectivity index (χ0v) is 14.9. The van der Waals surface area contributed by atoms with Gasteiger partial charge in [-0.15, -0.1) is 0 Å². The standard InChI is InChI=1S/C23H20FN3/c24-21-9-7-18(8-10-21)15-27(16-19-4-3-12-25-14-19)17-20-11-13-26-23-6-2-1-5-22(20)23/h1-14H,15-17H2. The molecule has 0 atom stereocenters. The summed E-state index contributed by atoms with van der Waals surface area (Å²) in [5, 5.41) is 1.16. The molecule has 0 aliphatic rings. The van der Waals surface area contributed by atoms with Crippen LogP contribution in [-0.2, 0) is 19.6 Å². The van der Waals surface area contributed by atoms with Crippen molar-refractivity contribution >= 4 is 10.9 Å². The number of rotatable bonds is 6. The number of hydrogen-bond acceptors (Lipinski definition) is 3. The van der Waals surface area contributed by atoms with E-state index in [0.29, 0.717) is 0 Å². The summed E-state index contributed by atoms with van der Waals surface area (Å²) in [6.07, 6.45) is 5.53. The lowest BCUT2D eigenvalue weighted by atomic mass is 10.1. The third-order valence-corrected chi connectivity index (χ3v) is 4.58. The van der Waals surface area contributed by atoms with Crippen LogP contribution in [0.4, 0.5) is 4.39 Å². The first-order valence-electron chi connectivity index (χ1n) is 8.96. The summed E-state index contributed by atoms with van der Waals surface area (Å²) in [6, 6.07) is 21.0. The molecule has 2 aromatic carbocycles. The number of fused-ring (bicyclic) bond motifs is 1. The van der Waals surface area contributed by atoms with Crippen LogP contribution in [-0.4, -0.2) is 14.9 Å². The zero-order chi connectivity index (χ0) is 18.5. The normalized spacial score (nSPS) is 11.2. The van der Waals surface area contributed by atoms with Crippen LogP contribution in [0.25, 0.3) is 10.9 Å². The SMILES string of the molecule is Fc1ccc(CN(Cc2cccnc2)Cc2ccnc3ccccc23)cc1. The number of benzene rings is 2. The molecular formula is C23H20FN3. The van der Waals surface area contributed by atoms with E-state index in [1.54, 1.807) is 6.20 Å². The summed E-state index contributed by atoms with van der Waals surface area (Å²) in [5.41, 5.74) is 4.46. The molecule has 0 aliphatic heterocycles. The van der Waals surface area contributed by atoms with Gasteiger partial charge >= 0.3 is 0 Å². The largest absolute Gasteiger partial charge is 0.290 e. The molecule has 0 saturated carbocycles. The lowest BCUT2D eigenvalue weighted by molar-refractivity contribution is 0.248. The average molecular weight is 357 g/mol. The Hall–Kier alpha value is -3.11. The van der Waals surface area contributed by atoms with E-state index in [0.717, 1.165) is 41.7 Å². The number of hydrogen-bond donors (Lipinski definition) is 0. The molecule has 2 heterocycles. The van der Waals surface area contributed by atoms with E-state index in [1.165, 1.54) is 17.7 Å². The maximum absolute atomic E-state index is 13.3. The molecule has 134 valence electrons. The van der Waals surface area contributed by atoms with Crippen LogP contribution in [0, 0.1) is 5.82 Å². The van der Waals surface area contributed by atoms with Gasteiger partial charge < -0.3 is 0 Å². The number of para-hydroxylation sites is 1. The Morgan fingerprint density at radius 2 is 1.56 bits per heavy atom. The van der Waals surface area contributed by atoms with Gasteiger partial charge in [-0.05, 0) is 47.0 Å². The number of pyridine rings is 2. The Kier molecular flexibility index (Phi) is 5.17. The van der Waals surface area contributed by atoms with Gasteiger partial charge in [-0.2, -0.15) is 0 Å². The molecule has 0 spiro atoms. The summed E-state index contributed by atoms with van der Waals surface area (Å²) in [6.45, 7) is 2.27. The monoisotopic (exact) mass is 357 g/mol. The maximum atomic E-state index is 13.3. The van der Waals surface area contributed by atoms with Gasteiger partial charge in [0.1, 0.15) is 5.82 Å². The Labute approximate surface area is 158 Å². The fourth-order valence-electron chi connectivity index (χ4n) is 3.30. The molecule has 0 saturated heterocycles. The molecule has 0 aliphatic carbocycles. The zero-order valence-electron chi connectivity index (χ0n) is 14.9. The minimum Gasteiger partial charge on any atom is -0.290 e. The molecule has 3 nitrogen and oxygen atoms in total. The maximum Gasteiger partial charge on any atom is 0.123 e. The van der Waals surface area contributed by atoms with Crippen molar-refractivity contribution in [3.63, 3.8) is 0 Å². The van der Waals surface area contributed by atoms with Crippen molar-refractivity contribution in [2.24, 2.45) is 0 Å². The highest BCUT2D eigenvalue weighted by Gasteiger charge is 2.11. The van der Waals surface area contributed by atoms with E-state index in [4.69, 9.17) is 0 Å². The second-order valence-corrected chi connectivity index (χ2v) is 6.62. The molecule has 4 heteroatoms. The van der Waals surface area contributed by atoms with Crippen molar-refractivity contribution < 1.29 is 4.39 Å². The minimum absolute atomic E-state index is 0.210. The van der Waals surface area contributed by atoms with Crippen molar-refractivity contribution in [1.82, 2.24) is 14.9 Å². The summed E-state index contributed by atoms with van der Waals surface area (Å²) in [7, 11) is 0. The Morgan fingerprint density at radius 3 is 2.37 bits per heavy atom. The first-order chi connectivity index (χ1) is 13.3. The molecule has 27 heavy (non-hydrogen) atoms. The topological polar surface area (TPSA) is 29.0 Å². The second-order valence-electron chi connectivity index (χ2n) is 6.62. The van der Waals surface area contributed by atoms with Crippen molar-refractivity contribution in [1.29, 1.82) is 0 Å². The summed E-state index contributed by atoms with van der Waals surface area (Å²) in [5.74, 6) is -0.210. The third-order valence-electron chi connectivity index (χ3n) is 4.58. The highest BCUT2D eigenvalue weighted by Crippen LogP contribution is 2.20. The smallest absolute Gasteiger partial charge is 0.123 e. The highest BCUT2D eigenvalue weighted by atomic mass is 19.1. The van der Waals surface area contributed by atoms with E-state index in [2.05, 4.69) is 33.1 Å². The van der Waals surface area contributed by atoms with Crippen LogP contribution < -0.4 is 0 Å². The highest BCUT2D eigenvalue weighted by molar-refractivity contribution is 5.81. The van der Waals surface area contributed by atoms with Crippen molar-refractivity contribution in [3.8, 4) is 0 Å². The summed E-state index contributed by atoms with van der Waals surface area (Å²) in [4.78, 5) is 11.0. The number of aromatic nitrogens is 2. The Bertz CT molecular complexity index is 1010. The molecule has 0 unspecified atom stereocenters. The third kappa shape index (κ3) is 4.36. The first kappa shape index (κ1) is 17.3. The van der Waals surface area contributed by atoms with E-state index >= 15 is 0 Å². The predicted molar refractivity (Wildman–Crippen MR) is 105 cm³/mol. The molecular weight excluding hydrogens is 337 g/mol. The van der Waals surface area contributed by atoms with Gasteiger partial charge in [0.05, 0.1) is 5.52 Å². The van der Waals surface area contributed by atoms with Gasteiger partial charge in [0.2, 0.25) is 0 Å². The molecule has 4 aromatic rings. The lowest BCUT2D eigenvalue weighted by Crippen LogP contribution is -2.22. The quantitative estimate of drug-likeness (QED) is 0.488. The van der Waals surface area contributed by atoms with Gasteiger partial charge in [-0.3, -0.25) is 14.9 Å². The van der Waals surface area contributed by atoms with Crippen LogP contribution in [0.3, 0.4) is 0 Å². The molecule has 0 radical (unpaired) electrons. The van der Waals surface area contributed by atoms with E-state index in [-0.39, 0.29) is 5.82 Å². The fraction of sp³-hybridized carbons (Fsp3) is 0.130. The summed E-state index contributed by atoms with van der Waals surface area (Å²) >= 11 is 0. The lowest BCUT2D eigenvalue weighted by Gasteiger charge is -2.23. The van der Waals surface area contributed by atoms with Gasteiger partial charge in [-0.1, -0.05) is 36.4 Å². The summed E-state index contributed by atoms with van der Waals surface area (Å²) < 4.78 is 13.3. The molecule has 2 aromatic heterocycles. The number of nitrogens with zero attached hydrogens (tertiary/aromatic N) is 3. The van der Waals surface area contributed by atoms with Gasteiger partial charge in [0.15, 0.2) is 0 Å².